The molecule has 3 aromatic carbocycles. The van der Waals surface area contributed by atoms with Crippen LogP contribution in [0.15, 0.2) is 71.8 Å². The number of nitrogens with zero attached hydrogens (tertiary/aromatic N) is 1. The van der Waals surface area contributed by atoms with Crippen LogP contribution < -0.4 is 29.7 Å². The molecule has 0 fully saturated rings. The standard InChI is InChI=1S/C26H25N3O7/c1-4-35-19-12-10-18(11-13-19)26(32)36-22-14-9-17(15-23(22)34-3)16-27-29-25(31)24(30)28-20-7-5-6-8-21(20)33-2/h5-16H,4H2,1-3H3,(H,28,30)(H,29,31). The summed E-state index contributed by atoms with van der Waals surface area (Å²) in [5, 5.41) is 6.24. The fourth-order valence-corrected chi connectivity index (χ4v) is 3.00. The highest BCUT2D eigenvalue weighted by molar-refractivity contribution is 6.39. The van der Waals surface area contributed by atoms with Crippen LogP contribution >= 0.6 is 0 Å². The molecule has 0 aliphatic heterocycles. The Labute approximate surface area is 207 Å². The third kappa shape index (κ3) is 6.83. The van der Waals surface area contributed by atoms with E-state index in [0.29, 0.717) is 34.9 Å². The first-order valence-electron chi connectivity index (χ1n) is 10.9. The zero-order chi connectivity index (χ0) is 25.9. The molecule has 10 heteroatoms. The number of esters is 1. The van der Waals surface area contributed by atoms with Gasteiger partial charge in [0, 0.05) is 0 Å². The Kier molecular flexibility index (Phi) is 8.99. The Hall–Kier alpha value is -4.86. The van der Waals surface area contributed by atoms with E-state index in [1.165, 1.54) is 26.5 Å². The third-order valence-corrected chi connectivity index (χ3v) is 4.73. The highest BCUT2D eigenvalue weighted by atomic mass is 16.6. The molecule has 2 amide bonds. The highest BCUT2D eigenvalue weighted by Crippen LogP contribution is 2.28. The van der Waals surface area contributed by atoms with E-state index in [4.69, 9.17) is 18.9 Å². The number of carbonyl (C=O) groups excluding carboxylic acids is 3. The Morgan fingerprint density at radius 2 is 1.58 bits per heavy atom. The van der Waals surface area contributed by atoms with Crippen molar-refractivity contribution in [3.8, 4) is 23.0 Å². The molecule has 0 saturated heterocycles. The summed E-state index contributed by atoms with van der Waals surface area (Å²) in [6.45, 7) is 2.40. The average Bonchev–Trinajstić information content (AvgIpc) is 2.90. The van der Waals surface area contributed by atoms with Crippen LogP contribution in [0.2, 0.25) is 0 Å². The first-order chi connectivity index (χ1) is 17.4. The normalized spacial score (nSPS) is 10.4. The van der Waals surface area contributed by atoms with Gasteiger partial charge in [-0.3, -0.25) is 9.59 Å². The summed E-state index contributed by atoms with van der Waals surface area (Å²) in [6, 6.07) is 18.0. The van der Waals surface area contributed by atoms with Gasteiger partial charge in [-0.25, -0.2) is 10.2 Å². The summed E-state index contributed by atoms with van der Waals surface area (Å²) >= 11 is 0. The van der Waals surface area contributed by atoms with Crippen molar-refractivity contribution in [2.45, 2.75) is 6.92 Å². The molecule has 0 aliphatic rings. The smallest absolute Gasteiger partial charge is 0.343 e. The second kappa shape index (κ2) is 12.6. The van der Waals surface area contributed by atoms with Gasteiger partial charge in [-0.15, -0.1) is 0 Å². The minimum atomic E-state index is -0.968. The van der Waals surface area contributed by atoms with Crippen LogP contribution in [0.1, 0.15) is 22.8 Å². The number of rotatable bonds is 9. The van der Waals surface area contributed by atoms with E-state index < -0.39 is 17.8 Å². The monoisotopic (exact) mass is 491 g/mol. The first-order valence-corrected chi connectivity index (χ1v) is 10.9. The Bertz CT molecular complexity index is 1260. The number of amides is 2. The van der Waals surface area contributed by atoms with Crippen LogP contribution in [0.25, 0.3) is 0 Å². The molecule has 10 nitrogen and oxygen atoms in total. The maximum absolute atomic E-state index is 12.5. The molecule has 0 spiro atoms. The van der Waals surface area contributed by atoms with Gasteiger partial charge in [-0.2, -0.15) is 5.10 Å². The number of ether oxygens (including phenoxy) is 4. The molecule has 0 bridgehead atoms. The SMILES string of the molecule is CCOc1ccc(C(=O)Oc2ccc(C=NNC(=O)C(=O)Nc3ccccc3OC)cc2OC)cc1. The molecule has 0 saturated carbocycles. The van der Waals surface area contributed by atoms with E-state index >= 15 is 0 Å². The van der Waals surface area contributed by atoms with Crippen LogP contribution in [0.4, 0.5) is 5.69 Å². The number of methoxy groups -OCH3 is 2. The molecular weight excluding hydrogens is 466 g/mol. The van der Waals surface area contributed by atoms with Gasteiger partial charge < -0.3 is 24.3 Å². The quantitative estimate of drug-likeness (QED) is 0.155. The average molecular weight is 492 g/mol. The minimum Gasteiger partial charge on any atom is -0.495 e. The molecule has 0 unspecified atom stereocenters. The number of anilines is 1. The summed E-state index contributed by atoms with van der Waals surface area (Å²) in [7, 11) is 2.88. The zero-order valence-electron chi connectivity index (χ0n) is 19.9. The number of benzene rings is 3. The molecule has 0 heterocycles. The molecule has 3 rings (SSSR count). The Morgan fingerprint density at radius 1 is 0.861 bits per heavy atom. The zero-order valence-corrected chi connectivity index (χ0v) is 19.9. The second-order valence-corrected chi connectivity index (χ2v) is 7.11. The predicted octanol–water partition coefficient (Wildman–Crippen LogP) is 3.41. The molecule has 0 atom stereocenters. The van der Waals surface area contributed by atoms with Crippen LogP contribution in [0.3, 0.4) is 0 Å². The van der Waals surface area contributed by atoms with E-state index in [-0.39, 0.29) is 11.5 Å². The van der Waals surface area contributed by atoms with Crippen LogP contribution in [-0.4, -0.2) is 44.8 Å². The maximum atomic E-state index is 12.5. The number of para-hydroxylation sites is 2. The number of hydrogen-bond donors (Lipinski definition) is 2. The van der Waals surface area contributed by atoms with Crippen molar-refractivity contribution < 1.29 is 33.3 Å². The lowest BCUT2D eigenvalue weighted by atomic mass is 10.2. The molecule has 3 aromatic rings. The van der Waals surface area contributed by atoms with Crippen LogP contribution in [0.5, 0.6) is 23.0 Å². The van der Waals surface area contributed by atoms with E-state index in [2.05, 4.69) is 15.8 Å². The Morgan fingerprint density at radius 3 is 2.28 bits per heavy atom. The third-order valence-electron chi connectivity index (χ3n) is 4.73. The van der Waals surface area contributed by atoms with Crippen molar-refractivity contribution in [1.29, 1.82) is 0 Å². The van der Waals surface area contributed by atoms with E-state index in [0.717, 1.165) is 0 Å². The van der Waals surface area contributed by atoms with Gasteiger partial charge in [-0.1, -0.05) is 12.1 Å². The molecule has 36 heavy (non-hydrogen) atoms. The summed E-state index contributed by atoms with van der Waals surface area (Å²) < 4.78 is 21.3. The molecule has 2 N–H and O–H groups in total. The fourth-order valence-electron chi connectivity index (χ4n) is 3.00. The predicted molar refractivity (Wildman–Crippen MR) is 133 cm³/mol. The number of nitrogens with one attached hydrogen (secondary N) is 2. The topological polar surface area (TPSA) is 125 Å². The Balaban J connectivity index is 1.60. The fraction of sp³-hybridized carbons (Fsp3) is 0.154. The summed E-state index contributed by atoms with van der Waals surface area (Å²) in [6.07, 6.45) is 1.31. The van der Waals surface area contributed by atoms with Gasteiger partial charge in [0.25, 0.3) is 0 Å². The van der Waals surface area contributed by atoms with E-state index in [9.17, 15) is 14.4 Å². The van der Waals surface area contributed by atoms with Gasteiger partial charge >= 0.3 is 17.8 Å². The van der Waals surface area contributed by atoms with Crippen molar-refractivity contribution >= 4 is 29.7 Å². The lowest BCUT2D eigenvalue weighted by Crippen LogP contribution is -2.32. The van der Waals surface area contributed by atoms with Crippen molar-refractivity contribution in [1.82, 2.24) is 5.43 Å². The van der Waals surface area contributed by atoms with Gasteiger partial charge in [-0.05, 0) is 67.1 Å². The largest absolute Gasteiger partial charge is 0.495 e. The summed E-state index contributed by atoms with van der Waals surface area (Å²) in [4.78, 5) is 36.7. The van der Waals surface area contributed by atoms with Crippen molar-refractivity contribution in [3.05, 3.63) is 77.9 Å². The van der Waals surface area contributed by atoms with Crippen LogP contribution in [-0.2, 0) is 9.59 Å². The van der Waals surface area contributed by atoms with Crippen LogP contribution in [0, 0.1) is 0 Å². The summed E-state index contributed by atoms with van der Waals surface area (Å²) in [5.74, 6) is -0.897. The molecule has 0 aliphatic carbocycles. The minimum absolute atomic E-state index is 0.203. The van der Waals surface area contributed by atoms with E-state index in [1.54, 1.807) is 60.7 Å². The molecule has 0 radical (unpaired) electrons. The van der Waals surface area contributed by atoms with Gasteiger partial charge in [0.15, 0.2) is 11.5 Å². The second-order valence-electron chi connectivity index (χ2n) is 7.11. The first kappa shape index (κ1) is 25.8. The van der Waals surface area contributed by atoms with Gasteiger partial charge in [0.2, 0.25) is 0 Å². The van der Waals surface area contributed by atoms with Gasteiger partial charge in [0.1, 0.15) is 11.5 Å². The van der Waals surface area contributed by atoms with Crippen molar-refractivity contribution in [3.63, 3.8) is 0 Å². The lowest BCUT2D eigenvalue weighted by Gasteiger charge is -2.10. The van der Waals surface area contributed by atoms with Crippen molar-refractivity contribution in [2.24, 2.45) is 5.10 Å². The summed E-state index contributed by atoms with van der Waals surface area (Å²) in [5.41, 5.74) is 3.37. The highest BCUT2D eigenvalue weighted by Gasteiger charge is 2.16. The maximum Gasteiger partial charge on any atom is 0.343 e. The molecule has 0 aromatic heterocycles. The lowest BCUT2D eigenvalue weighted by molar-refractivity contribution is -0.136. The molecular formula is C26H25N3O7. The van der Waals surface area contributed by atoms with Gasteiger partial charge in [0.05, 0.1) is 38.3 Å². The number of hydrogen-bond acceptors (Lipinski definition) is 8. The number of carbonyl (C=O) groups is 3. The molecule has 186 valence electrons. The van der Waals surface area contributed by atoms with E-state index in [1.807, 2.05) is 6.92 Å². The number of hydrazone groups is 1. The van der Waals surface area contributed by atoms with Crippen molar-refractivity contribution in [2.75, 3.05) is 26.1 Å².